The molecule has 1 aromatic heterocycles. The molecule has 0 bridgehead atoms. The summed E-state index contributed by atoms with van der Waals surface area (Å²) in [4.78, 5) is 12.6. The highest BCUT2D eigenvalue weighted by Gasteiger charge is 2.28. The molecule has 1 fully saturated rings. The van der Waals surface area contributed by atoms with Gasteiger partial charge in [0, 0.05) is 25.0 Å². The molecule has 3 rings (SSSR count). The van der Waals surface area contributed by atoms with Crippen molar-refractivity contribution in [3.63, 3.8) is 0 Å². The van der Waals surface area contributed by atoms with E-state index in [1.54, 1.807) is 7.11 Å². The highest BCUT2D eigenvalue weighted by atomic mass is 16.5. The van der Waals surface area contributed by atoms with Gasteiger partial charge < -0.3 is 25.0 Å². The Bertz CT molecular complexity index is 730. The monoisotopic (exact) mass is 331 g/mol. The highest BCUT2D eigenvalue weighted by Crippen LogP contribution is 2.24. The van der Waals surface area contributed by atoms with Crippen molar-refractivity contribution in [1.29, 1.82) is 0 Å². The van der Waals surface area contributed by atoms with E-state index in [1.807, 2.05) is 35.9 Å². The summed E-state index contributed by atoms with van der Waals surface area (Å²) in [6.07, 6.45) is 2.27. The van der Waals surface area contributed by atoms with Crippen LogP contribution in [0.25, 0.3) is 10.9 Å². The lowest BCUT2D eigenvalue weighted by molar-refractivity contribution is 0.0274. The number of carbonyl (C=O) groups excluding carboxylic acids is 1. The molecular weight excluding hydrogens is 306 g/mol. The van der Waals surface area contributed by atoms with E-state index in [9.17, 15) is 9.90 Å². The number of hydrogen-bond donors (Lipinski definition) is 3. The Balaban J connectivity index is 1.75. The van der Waals surface area contributed by atoms with E-state index in [-0.39, 0.29) is 12.5 Å². The van der Waals surface area contributed by atoms with Crippen LogP contribution in [0.3, 0.4) is 0 Å². The first-order chi connectivity index (χ1) is 11.5. The van der Waals surface area contributed by atoms with Crippen LogP contribution in [0.15, 0.2) is 24.3 Å². The lowest BCUT2D eigenvalue weighted by atomic mass is 9.95. The number of benzene rings is 1. The molecule has 1 atom stereocenters. The third-order valence-electron chi connectivity index (χ3n) is 4.83. The zero-order valence-corrected chi connectivity index (χ0v) is 14.3. The zero-order chi connectivity index (χ0) is 17.2. The van der Waals surface area contributed by atoms with Crippen LogP contribution in [0, 0.1) is 0 Å². The minimum absolute atomic E-state index is 0.168. The molecule has 130 valence electrons. The van der Waals surface area contributed by atoms with Gasteiger partial charge >= 0.3 is 0 Å². The molecule has 24 heavy (non-hydrogen) atoms. The molecule has 1 unspecified atom stereocenters. The van der Waals surface area contributed by atoms with Gasteiger partial charge in [0.05, 0.1) is 18.2 Å². The second kappa shape index (κ2) is 6.83. The van der Waals surface area contributed by atoms with Crippen molar-refractivity contribution >= 4 is 16.8 Å². The molecule has 6 nitrogen and oxygen atoms in total. The number of aromatic nitrogens is 1. The SMILES string of the molecule is COc1ccc2cc(C(=O)NCC3(O)CCCNCC3)n(C)c2c1. The van der Waals surface area contributed by atoms with Crippen LogP contribution >= 0.6 is 0 Å². The first-order valence-electron chi connectivity index (χ1n) is 8.37. The maximum absolute atomic E-state index is 12.6. The van der Waals surface area contributed by atoms with Crippen molar-refractivity contribution in [2.75, 3.05) is 26.7 Å². The molecule has 1 aliphatic heterocycles. The van der Waals surface area contributed by atoms with E-state index in [0.717, 1.165) is 36.2 Å². The van der Waals surface area contributed by atoms with Crippen LogP contribution in [0.4, 0.5) is 0 Å². The molecule has 2 heterocycles. The van der Waals surface area contributed by atoms with Gasteiger partial charge in [-0.05, 0) is 50.6 Å². The lowest BCUT2D eigenvalue weighted by Crippen LogP contribution is -2.43. The average molecular weight is 331 g/mol. The number of nitrogens with one attached hydrogen (secondary N) is 2. The minimum Gasteiger partial charge on any atom is -0.497 e. The Morgan fingerprint density at radius 1 is 1.38 bits per heavy atom. The first-order valence-corrected chi connectivity index (χ1v) is 8.37. The number of aliphatic hydroxyl groups is 1. The normalized spacial score (nSPS) is 21.5. The third kappa shape index (κ3) is 3.39. The van der Waals surface area contributed by atoms with Crippen LogP contribution in [-0.4, -0.2) is 47.9 Å². The van der Waals surface area contributed by atoms with E-state index in [4.69, 9.17) is 4.74 Å². The van der Waals surface area contributed by atoms with Gasteiger partial charge in [0.2, 0.25) is 0 Å². The summed E-state index contributed by atoms with van der Waals surface area (Å²) in [5.74, 6) is 0.592. The second-order valence-corrected chi connectivity index (χ2v) is 6.52. The summed E-state index contributed by atoms with van der Waals surface area (Å²) in [5, 5.41) is 17.8. The van der Waals surface area contributed by atoms with Gasteiger partial charge in [-0.2, -0.15) is 0 Å². The van der Waals surface area contributed by atoms with Crippen LogP contribution in [0.1, 0.15) is 29.8 Å². The fraction of sp³-hybridized carbons (Fsp3) is 0.500. The maximum Gasteiger partial charge on any atom is 0.268 e. The number of fused-ring (bicyclic) bond motifs is 1. The van der Waals surface area contributed by atoms with E-state index < -0.39 is 5.60 Å². The largest absolute Gasteiger partial charge is 0.497 e. The number of carbonyl (C=O) groups is 1. The molecular formula is C18H25N3O3. The summed E-state index contributed by atoms with van der Waals surface area (Å²) in [5.41, 5.74) is 0.693. The van der Waals surface area contributed by atoms with Crippen LogP contribution in [-0.2, 0) is 7.05 Å². The number of aryl methyl sites for hydroxylation is 1. The molecule has 3 N–H and O–H groups in total. The summed E-state index contributed by atoms with van der Waals surface area (Å²) < 4.78 is 7.10. The molecule has 6 heteroatoms. The quantitative estimate of drug-likeness (QED) is 0.792. The molecule has 1 amide bonds. The Labute approximate surface area is 141 Å². The van der Waals surface area contributed by atoms with Crippen molar-refractivity contribution in [2.45, 2.75) is 24.9 Å². The van der Waals surface area contributed by atoms with Gasteiger partial charge in [-0.1, -0.05) is 0 Å². The first kappa shape index (κ1) is 16.8. The Hall–Kier alpha value is -2.05. The molecule has 0 saturated carbocycles. The predicted octanol–water partition coefficient (Wildman–Crippen LogP) is 1.42. The average Bonchev–Trinajstić information content (AvgIpc) is 2.77. The van der Waals surface area contributed by atoms with Gasteiger partial charge in [-0.25, -0.2) is 0 Å². The van der Waals surface area contributed by atoms with Crippen molar-refractivity contribution < 1.29 is 14.6 Å². The summed E-state index contributed by atoms with van der Waals surface area (Å²) >= 11 is 0. The number of nitrogens with zero attached hydrogens (tertiary/aromatic N) is 1. The highest BCUT2D eigenvalue weighted by molar-refractivity contribution is 5.99. The van der Waals surface area contributed by atoms with Gasteiger partial charge in [0.1, 0.15) is 11.4 Å². The molecule has 1 aromatic carbocycles. The van der Waals surface area contributed by atoms with Crippen LogP contribution in [0.2, 0.25) is 0 Å². The van der Waals surface area contributed by atoms with Gasteiger partial charge in [-0.15, -0.1) is 0 Å². The van der Waals surface area contributed by atoms with Crippen molar-refractivity contribution in [1.82, 2.24) is 15.2 Å². The molecule has 0 aliphatic carbocycles. The van der Waals surface area contributed by atoms with Crippen molar-refractivity contribution in [2.24, 2.45) is 7.05 Å². The Kier molecular flexibility index (Phi) is 4.78. The van der Waals surface area contributed by atoms with Gasteiger partial charge in [0.25, 0.3) is 5.91 Å². The predicted molar refractivity (Wildman–Crippen MR) is 93.5 cm³/mol. The summed E-state index contributed by atoms with van der Waals surface area (Å²) in [6, 6.07) is 7.60. The topological polar surface area (TPSA) is 75.5 Å². The van der Waals surface area contributed by atoms with E-state index in [0.29, 0.717) is 18.5 Å². The van der Waals surface area contributed by atoms with E-state index >= 15 is 0 Å². The number of amides is 1. The van der Waals surface area contributed by atoms with Gasteiger partial charge in [0.15, 0.2) is 0 Å². The smallest absolute Gasteiger partial charge is 0.268 e. The van der Waals surface area contributed by atoms with E-state index in [2.05, 4.69) is 10.6 Å². The van der Waals surface area contributed by atoms with E-state index in [1.165, 1.54) is 0 Å². The molecule has 1 saturated heterocycles. The van der Waals surface area contributed by atoms with Crippen molar-refractivity contribution in [3.8, 4) is 5.75 Å². The number of hydrogen-bond acceptors (Lipinski definition) is 4. The van der Waals surface area contributed by atoms with Crippen LogP contribution in [0.5, 0.6) is 5.75 Å². The number of methoxy groups -OCH3 is 1. The summed E-state index contributed by atoms with van der Waals surface area (Å²) in [7, 11) is 3.49. The second-order valence-electron chi connectivity index (χ2n) is 6.52. The number of ether oxygens (including phenoxy) is 1. The fourth-order valence-corrected chi connectivity index (χ4v) is 3.28. The van der Waals surface area contributed by atoms with Gasteiger partial charge in [-0.3, -0.25) is 4.79 Å². The molecule has 0 spiro atoms. The van der Waals surface area contributed by atoms with Crippen molar-refractivity contribution in [3.05, 3.63) is 30.0 Å². The number of rotatable bonds is 4. The minimum atomic E-state index is -0.826. The molecule has 0 radical (unpaired) electrons. The third-order valence-corrected chi connectivity index (χ3v) is 4.83. The Morgan fingerprint density at radius 3 is 3.00 bits per heavy atom. The fourth-order valence-electron chi connectivity index (χ4n) is 3.28. The molecule has 2 aromatic rings. The Morgan fingerprint density at radius 2 is 2.21 bits per heavy atom. The standard InChI is InChI=1S/C18H25N3O3/c1-21-15-11-14(24-2)5-4-13(15)10-16(21)17(22)20-12-18(23)6-3-8-19-9-7-18/h4-5,10-11,19,23H,3,6-9,12H2,1-2H3,(H,20,22). The summed E-state index contributed by atoms with van der Waals surface area (Å²) in [6.45, 7) is 1.97. The molecule has 1 aliphatic rings. The lowest BCUT2D eigenvalue weighted by Gasteiger charge is -2.26. The maximum atomic E-state index is 12.6. The van der Waals surface area contributed by atoms with Crippen LogP contribution < -0.4 is 15.4 Å². The zero-order valence-electron chi connectivity index (χ0n) is 14.3.